The van der Waals surface area contributed by atoms with Gasteiger partial charge in [0.2, 0.25) is 0 Å². The molecule has 20 heavy (non-hydrogen) atoms. The minimum Gasteiger partial charge on any atom is -0.363 e. The van der Waals surface area contributed by atoms with Crippen LogP contribution in [0.3, 0.4) is 0 Å². The Morgan fingerprint density at radius 2 is 2.10 bits per heavy atom. The molecule has 0 fully saturated rings. The lowest BCUT2D eigenvalue weighted by Gasteiger charge is -2.50. The van der Waals surface area contributed by atoms with Crippen LogP contribution in [0.1, 0.15) is 74.9 Å². The van der Waals surface area contributed by atoms with Gasteiger partial charge < -0.3 is 4.90 Å². The van der Waals surface area contributed by atoms with Gasteiger partial charge in [0.05, 0.1) is 0 Å². The summed E-state index contributed by atoms with van der Waals surface area (Å²) in [5.74, 6) is 0.500. The normalized spacial score (nSPS) is 22.3. The summed E-state index contributed by atoms with van der Waals surface area (Å²) in [6.45, 7) is 13.5. The lowest BCUT2D eigenvalue weighted by atomic mass is 9.78. The van der Waals surface area contributed by atoms with Crippen LogP contribution >= 0.6 is 0 Å². The van der Waals surface area contributed by atoms with Crippen molar-refractivity contribution in [3.63, 3.8) is 0 Å². The first-order valence-electron chi connectivity index (χ1n) is 7.71. The molecule has 1 aromatic carbocycles. The van der Waals surface area contributed by atoms with Crippen LogP contribution in [0.25, 0.3) is 0 Å². The fourth-order valence-electron chi connectivity index (χ4n) is 3.76. The van der Waals surface area contributed by atoms with Crippen molar-refractivity contribution in [3.05, 3.63) is 28.8 Å². The number of nitrogens with zero attached hydrogens (tertiary/aromatic N) is 1. The zero-order chi connectivity index (χ0) is 15.1. The van der Waals surface area contributed by atoms with Crippen LogP contribution in [-0.4, -0.2) is 17.9 Å². The molecule has 0 aliphatic carbocycles. The second-order valence-corrected chi connectivity index (χ2v) is 6.93. The van der Waals surface area contributed by atoms with E-state index in [2.05, 4.69) is 51.7 Å². The average Bonchev–Trinajstić information content (AvgIpc) is 2.36. The number of carbonyl (C=O) groups excluding carboxylic acids is 1. The van der Waals surface area contributed by atoms with E-state index in [1.54, 1.807) is 0 Å². The van der Waals surface area contributed by atoms with E-state index in [-0.39, 0.29) is 5.54 Å². The molecule has 2 nitrogen and oxygen atoms in total. The minimum atomic E-state index is 0.164. The van der Waals surface area contributed by atoms with Crippen molar-refractivity contribution < 1.29 is 4.79 Å². The molecular weight excluding hydrogens is 246 g/mol. The molecular formula is C18H27NO. The van der Waals surface area contributed by atoms with E-state index in [1.165, 1.54) is 11.3 Å². The van der Waals surface area contributed by atoms with Crippen molar-refractivity contribution in [2.45, 2.75) is 71.9 Å². The number of carbonyl (C=O) groups is 1. The van der Waals surface area contributed by atoms with Gasteiger partial charge in [-0.05, 0) is 69.7 Å². The molecule has 2 rings (SSSR count). The molecule has 0 aromatic heterocycles. The Hall–Kier alpha value is -1.31. The number of benzene rings is 1. The monoisotopic (exact) mass is 273 g/mol. The third kappa shape index (κ3) is 2.36. The standard InChI is InChI=1S/C18H27NO/c1-7-14(4)19-17-8-12(2)15(11-20)9-16(17)13(3)10-18(19,5)6/h8-9,11,13-14H,7,10H2,1-6H3/t13-,14+/m0/s1. The first-order valence-corrected chi connectivity index (χ1v) is 7.71. The van der Waals surface area contributed by atoms with Crippen molar-refractivity contribution in [1.82, 2.24) is 0 Å². The van der Waals surface area contributed by atoms with Crippen LogP contribution in [0.15, 0.2) is 12.1 Å². The highest BCUT2D eigenvalue weighted by atomic mass is 16.1. The molecule has 0 saturated heterocycles. The fraction of sp³-hybridized carbons (Fsp3) is 0.611. The van der Waals surface area contributed by atoms with Crippen LogP contribution in [0.4, 0.5) is 5.69 Å². The Labute approximate surface area is 123 Å². The molecule has 0 N–H and O–H groups in total. The number of aldehydes is 1. The van der Waals surface area contributed by atoms with Crippen molar-refractivity contribution in [1.29, 1.82) is 0 Å². The summed E-state index contributed by atoms with van der Waals surface area (Å²) in [7, 11) is 0. The largest absolute Gasteiger partial charge is 0.363 e. The maximum atomic E-state index is 11.2. The highest BCUT2D eigenvalue weighted by Crippen LogP contribution is 2.45. The lowest BCUT2D eigenvalue weighted by molar-refractivity contribution is 0.112. The molecule has 2 atom stereocenters. The number of anilines is 1. The first-order chi connectivity index (χ1) is 9.31. The first kappa shape index (κ1) is 15.1. The zero-order valence-electron chi connectivity index (χ0n) is 13.7. The predicted octanol–water partition coefficient (Wildman–Crippen LogP) is 4.70. The van der Waals surface area contributed by atoms with Crippen LogP contribution in [-0.2, 0) is 0 Å². The summed E-state index contributed by atoms with van der Waals surface area (Å²) in [5.41, 5.74) is 4.73. The number of rotatable bonds is 3. The molecule has 1 aliphatic heterocycles. The molecule has 2 heteroatoms. The summed E-state index contributed by atoms with van der Waals surface area (Å²) < 4.78 is 0. The zero-order valence-corrected chi connectivity index (χ0v) is 13.7. The summed E-state index contributed by atoms with van der Waals surface area (Å²) in [6.07, 6.45) is 3.24. The highest BCUT2D eigenvalue weighted by molar-refractivity contribution is 5.80. The molecule has 0 unspecified atom stereocenters. The van der Waals surface area contributed by atoms with Crippen molar-refractivity contribution in [2.24, 2.45) is 0 Å². The van der Waals surface area contributed by atoms with E-state index in [1.807, 2.05) is 6.92 Å². The van der Waals surface area contributed by atoms with Crippen LogP contribution in [0, 0.1) is 6.92 Å². The van der Waals surface area contributed by atoms with Gasteiger partial charge in [-0.2, -0.15) is 0 Å². The Bertz CT molecular complexity index is 518. The van der Waals surface area contributed by atoms with Gasteiger partial charge in [0.15, 0.2) is 0 Å². The molecule has 0 amide bonds. The number of hydrogen-bond acceptors (Lipinski definition) is 2. The van der Waals surface area contributed by atoms with Gasteiger partial charge in [-0.25, -0.2) is 0 Å². The molecule has 0 spiro atoms. The Balaban J connectivity index is 2.64. The molecule has 0 saturated carbocycles. The van der Waals surface area contributed by atoms with Gasteiger partial charge in [-0.1, -0.05) is 13.8 Å². The Kier molecular flexibility index (Phi) is 3.95. The van der Waals surface area contributed by atoms with Gasteiger partial charge in [0, 0.05) is 22.8 Å². The third-order valence-corrected chi connectivity index (χ3v) is 4.82. The minimum absolute atomic E-state index is 0.164. The van der Waals surface area contributed by atoms with Crippen molar-refractivity contribution >= 4 is 12.0 Å². The van der Waals surface area contributed by atoms with Gasteiger partial charge in [0.1, 0.15) is 6.29 Å². The maximum absolute atomic E-state index is 11.2. The van der Waals surface area contributed by atoms with E-state index in [9.17, 15) is 4.79 Å². The lowest BCUT2D eigenvalue weighted by Crippen LogP contribution is -2.52. The van der Waals surface area contributed by atoms with Crippen LogP contribution < -0.4 is 4.90 Å². The molecule has 1 aromatic rings. The molecule has 0 radical (unpaired) electrons. The SMILES string of the molecule is CC[C@@H](C)N1c2cc(C)c(C=O)cc2[C@@H](C)CC1(C)C. The van der Waals surface area contributed by atoms with Gasteiger partial charge in [0.25, 0.3) is 0 Å². The fourth-order valence-corrected chi connectivity index (χ4v) is 3.76. The highest BCUT2D eigenvalue weighted by Gasteiger charge is 2.38. The summed E-state index contributed by atoms with van der Waals surface area (Å²) in [4.78, 5) is 13.8. The summed E-state index contributed by atoms with van der Waals surface area (Å²) in [6, 6.07) is 4.83. The van der Waals surface area contributed by atoms with E-state index >= 15 is 0 Å². The summed E-state index contributed by atoms with van der Waals surface area (Å²) in [5, 5.41) is 0. The topological polar surface area (TPSA) is 20.3 Å². The Morgan fingerprint density at radius 1 is 1.45 bits per heavy atom. The summed E-state index contributed by atoms with van der Waals surface area (Å²) >= 11 is 0. The van der Waals surface area contributed by atoms with Crippen molar-refractivity contribution in [3.8, 4) is 0 Å². The number of hydrogen-bond donors (Lipinski definition) is 0. The molecule has 110 valence electrons. The Morgan fingerprint density at radius 3 is 2.65 bits per heavy atom. The average molecular weight is 273 g/mol. The predicted molar refractivity (Wildman–Crippen MR) is 85.9 cm³/mol. The van der Waals surface area contributed by atoms with Crippen molar-refractivity contribution in [2.75, 3.05) is 4.90 Å². The molecule has 1 aliphatic rings. The van der Waals surface area contributed by atoms with Gasteiger partial charge in [-0.3, -0.25) is 4.79 Å². The van der Waals surface area contributed by atoms with Gasteiger partial charge in [-0.15, -0.1) is 0 Å². The number of fused-ring (bicyclic) bond motifs is 1. The van der Waals surface area contributed by atoms with Crippen LogP contribution in [0.5, 0.6) is 0 Å². The quantitative estimate of drug-likeness (QED) is 0.744. The van der Waals surface area contributed by atoms with Crippen LogP contribution in [0.2, 0.25) is 0 Å². The van der Waals surface area contributed by atoms with Gasteiger partial charge >= 0.3 is 0 Å². The van der Waals surface area contributed by atoms with E-state index in [4.69, 9.17) is 0 Å². The molecule has 1 heterocycles. The maximum Gasteiger partial charge on any atom is 0.150 e. The molecule has 0 bridgehead atoms. The second kappa shape index (κ2) is 5.23. The van der Waals surface area contributed by atoms with E-state index < -0.39 is 0 Å². The number of aryl methyl sites for hydroxylation is 1. The van der Waals surface area contributed by atoms with E-state index in [0.29, 0.717) is 12.0 Å². The van der Waals surface area contributed by atoms with E-state index in [0.717, 1.165) is 30.3 Å². The smallest absolute Gasteiger partial charge is 0.150 e. The third-order valence-electron chi connectivity index (χ3n) is 4.82. The second-order valence-electron chi connectivity index (χ2n) is 6.93.